The Morgan fingerprint density at radius 2 is 1.68 bits per heavy atom. The highest BCUT2D eigenvalue weighted by atomic mass is 16.4. The normalized spacial score (nSPS) is 15.5. The smallest absolute Gasteiger partial charge is 0.326 e. The summed E-state index contributed by atoms with van der Waals surface area (Å²) in [5, 5.41) is 14.2. The molecule has 0 unspecified atom stereocenters. The Kier molecular flexibility index (Phi) is 8.07. The molecule has 0 aliphatic carbocycles. The summed E-state index contributed by atoms with van der Waals surface area (Å²) in [5.74, 6) is -2.32. The second kappa shape index (κ2) is 9.78. The average molecular weight is 349 g/mol. The van der Waals surface area contributed by atoms with Crippen LogP contribution >= 0.6 is 0 Å². The fourth-order valence-electron chi connectivity index (χ4n) is 2.31. The number of carboxylic acids is 1. The standard InChI is InChI=1S/C18H27N3O4/c1-4-11(2)15(18(24)25)21-16(22)12(3)20-17(23)14(19)10-13-8-6-5-7-9-13/h5-9,11-12,14-15H,4,10,19H2,1-3H3,(H,20,23)(H,21,22)(H,24,25)/t11-,12-,14-,15-/m0/s1. The summed E-state index contributed by atoms with van der Waals surface area (Å²) < 4.78 is 0. The fraction of sp³-hybridized carbons (Fsp3) is 0.500. The van der Waals surface area contributed by atoms with E-state index >= 15 is 0 Å². The van der Waals surface area contributed by atoms with E-state index in [0.717, 1.165) is 5.56 Å². The minimum absolute atomic E-state index is 0.218. The number of benzene rings is 1. The lowest BCUT2D eigenvalue weighted by atomic mass is 9.99. The molecule has 0 saturated heterocycles. The van der Waals surface area contributed by atoms with E-state index in [9.17, 15) is 19.5 Å². The van der Waals surface area contributed by atoms with Crippen molar-refractivity contribution in [3.05, 3.63) is 35.9 Å². The Bertz CT molecular complexity index is 591. The van der Waals surface area contributed by atoms with E-state index < -0.39 is 35.9 Å². The Hall–Kier alpha value is -2.41. The lowest BCUT2D eigenvalue weighted by Crippen LogP contribution is -2.54. The van der Waals surface area contributed by atoms with Gasteiger partial charge < -0.3 is 21.5 Å². The van der Waals surface area contributed by atoms with Crippen molar-refractivity contribution < 1.29 is 19.5 Å². The summed E-state index contributed by atoms with van der Waals surface area (Å²) in [5.41, 5.74) is 6.80. The van der Waals surface area contributed by atoms with E-state index in [1.807, 2.05) is 37.3 Å². The molecule has 7 heteroatoms. The number of carbonyl (C=O) groups excluding carboxylic acids is 2. The first-order chi connectivity index (χ1) is 11.8. The summed E-state index contributed by atoms with van der Waals surface area (Å²) in [6.07, 6.45) is 0.964. The predicted octanol–water partition coefficient (Wildman–Crippen LogP) is 0.677. The lowest BCUT2D eigenvalue weighted by Gasteiger charge is -2.23. The number of carboxylic acid groups (broad SMARTS) is 1. The van der Waals surface area contributed by atoms with Gasteiger partial charge in [0, 0.05) is 0 Å². The van der Waals surface area contributed by atoms with Crippen LogP contribution in [0, 0.1) is 5.92 Å². The van der Waals surface area contributed by atoms with Crippen molar-refractivity contribution in [3.63, 3.8) is 0 Å². The van der Waals surface area contributed by atoms with Crippen molar-refractivity contribution in [3.8, 4) is 0 Å². The van der Waals surface area contributed by atoms with Gasteiger partial charge in [0.2, 0.25) is 11.8 Å². The maximum atomic E-state index is 12.2. The van der Waals surface area contributed by atoms with Crippen LogP contribution in [0.25, 0.3) is 0 Å². The zero-order valence-electron chi connectivity index (χ0n) is 14.9. The van der Waals surface area contributed by atoms with Crippen molar-refractivity contribution in [1.82, 2.24) is 10.6 Å². The molecule has 0 saturated carbocycles. The van der Waals surface area contributed by atoms with E-state index in [1.54, 1.807) is 6.92 Å². The van der Waals surface area contributed by atoms with Gasteiger partial charge in [-0.25, -0.2) is 4.79 Å². The number of aliphatic carboxylic acids is 1. The zero-order chi connectivity index (χ0) is 19.0. The van der Waals surface area contributed by atoms with Crippen LogP contribution in [-0.4, -0.2) is 41.0 Å². The highest BCUT2D eigenvalue weighted by molar-refractivity contribution is 5.91. The maximum absolute atomic E-state index is 12.2. The number of rotatable bonds is 9. The first kappa shape index (κ1) is 20.6. The third-order valence-electron chi connectivity index (χ3n) is 4.16. The van der Waals surface area contributed by atoms with Crippen molar-refractivity contribution >= 4 is 17.8 Å². The monoisotopic (exact) mass is 349 g/mol. The Labute approximate surface area is 148 Å². The van der Waals surface area contributed by atoms with E-state index in [-0.39, 0.29) is 5.92 Å². The Balaban J connectivity index is 2.58. The Morgan fingerprint density at radius 3 is 2.20 bits per heavy atom. The van der Waals surface area contributed by atoms with Crippen LogP contribution in [-0.2, 0) is 20.8 Å². The SMILES string of the molecule is CC[C@H](C)[C@H](NC(=O)[C@H](C)NC(=O)[C@@H](N)Cc1ccccc1)C(=O)O. The molecular weight excluding hydrogens is 322 g/mol. The van der Waals surface area contributed by atoms with Crippen molar-refractivity contribution in [2.24, 2.45) is 11.7 Å². The molecule has 4 atom stereocenters. The highest BCUT2D eigenvalue weighted by Gasteiger charge is 2.28. The number of nitrogens with one attached hydrogen (secondary N) is 2. The maximum Gasteiger partial charge on any atom is 0.326 e. The molecule has 0 radical (unpaired) electrons. The van der Waals surface area contributed by atoms with E-state index in [1.165, 1.54) is 6.92 Å². The zero-order valence-corrected chi connectivity index (χ0v) is 14.9. The molecule has 0 bridgehead atoms. The third-order valence-corrected chi connectivity index (χ3v) is 4.16. The lowest BCUT2D eigenvalue weighted by molar-refractivity contribution is -0.143. The molecule has 1 aromatic rings. The summed E-state index contributed by atoms with van der Waals surface area (Å²) in [7, 11) is 0. The van der Waals surface area contributed by atoms with Crippen LogP contribution in [0.2, 0.25) is 0 Å². The minimum atomic E-state index is -1.10. The van der Waals surface area contributed by atoms with Gasteiger partial charge in [0.05, 0.1) is 6.04 Å². The summed E-state index contributed by atoms with van der Waals surface area (Å²) in [6, 6.07) is 6.67. The molecule has 0 spiro atoms. The molecule has 0 aliphatic heterocycles. The molecular formula is C18H27N3O4. The molecule has 1 rings (SSSR count). The van der Waals surface area contributed by atoms with Crippen molar-refractivity contribution in [2.45, 2.75) is 51.7 Å². The number of hydrogen-bond acceptors (Lipinski definition) is 4. The first-order valence-electron chi connectivity index (χ1n) is 8.39. The molecule has 1 aromatic carbocycles. The predicted molar refractivity (Wildman–Crippen MR) is 94.7 cm³/mol. The molecule has 0 fully saturated rings. The molecule has 0 aliphatic rings. The fourth-order valence-corrected chi connectivity index (χ4v) is 2.31. The first-order valence-corrected chi connectivity index (χ1v) is 8.39. The van der Waals surface area contributed by atoms with Gasteiger partial charge in [0.25, 0.3) is 0 Å². The molecule has 25 heavy (non-hydrogen) atoms. The molecule has 0 heterocycles. The summed E-state index contributed by atoms with van der Waals surface area (Å²) in [4.78, 5) is 35.6. The molecule has 5 N–H and O–H groups in total. The van der Waals surface area contributed by atoms with E-state index in [2.05, 4.69) is 10.6 Å². The van der Waals surface area contributed by atoms with Crippen LogP contribution in [0.4, 0.5) is 0 Å². The number of carbonyl (C=O) groups is 3. The van der Waals surface area contributed by atoms with Crippen molar-refractivity contribution in [1.29, 1.82) is 0 Å². The largest absolute Gasteiger partial charge is 0.480 e. The third kappa shape index (κ3) is 6.54. The van der Waals surface area contributed by atoms with Gasteiger partial charge in [-0.2, -0.15) is 0 Å². The highest BCUT2D eigenvalue weighted by Crippen LogP contribution is 2.08. The van der Waals surface area contributed by atoms with E-state index in [0.29, 0.717) is 12.8 Å². The molecule has 7 nitrogen and oxygen atoms in total. The number of nitrogens with two attached hydrogens (primary N) is 1. The van der Waals surface area contributed by atoms with Gasteiger partial charge in [-0.15, -0.1) is 0 Å². The van der Waals surface area contributed by atoms with Gasteiger partial charge in [0.1, 0.15) is 12.1 Å². The second-order valence-corrected chi connectivity index (χ2v) is 6.24. The summed E-state index contributed by atoms with van der Waals surface area (Å²) >= 11 is 0. The average Bonchev–Trinajstić information content (AvgIpc) is 2.59. The van der Waals surface area contributed by atoms with Crippen molar-refractivity contribution in [2.75, 3.05) is 0 Å². The van der Waals surface area contributed by atoms with E-state index in [4.69, 9.17) is 5.73 Å². The van der Waals surface area contributed by atoms with Crippen LogP contribution < -0.4 is 16.4 Å². The second-order valence-electron chi connectivity index (χ2n) is 6.24. The van der Waals surface area contributed by atoms with Gasteiger partial charge in [-0.05, 0) is 24.8 Å². The van der Waals surface area contributed by atoms with Crippen LogP contribution in [0.15, 0.2) is 30.3 Å². The number of amides is 2. The van der Waals surface area contributed by atoms with Gasteiger partial charge in [-0.3, -0.25) is 9.59 Å². The van der Waals surface area contributed by atoms with Gasteiger partial charge in [-0.1, -0.05) is 50.6 Å². The quantitative estimate of drug-likeness (QED) is 0.522. The topological polar surface area (TPSA) is 122 Å². The van der Waals surface area contributed by atoms with Crippen LogP contribution in [0.1, 0.15) is 32.8 Å². The van der Waals surface area contributed by atoms with Crippen LogP contribution in [0.3, 0.4) is 0 Å². The molecule has 138 valence electrons. The van der Waals surface area contributed by atoms with Gasteiger partial charge in [0.15, 0.2) is 0 Å². The molecule has 0 aromatic heterocycles. The minimum Gasteiger partial charge on any atom is -0.480 e. The Morgan fingerprint density at radius 1 is 1.08 bits per heavy atom. The van der Waals surface area contributed by atoms with Crippen LogP contribution in [0.5, 0.6) is 0 Å². The number of hydrogen-bond donors (Lipinski definition) is 4. The summed E-state index contributed by atoms with van der Waals surface area (Å²) in [6.45, 7) is 5.09. The van der Waals surface area contributed by atoms with Gasteiger partial charge >= 0.3 is 5.97 Å². The molecule has 2 amide bonds.